The zero-order valence-corrected chi connectivity index (χ0v) is 13.9. The van der Waals surface area contributed by atoms with Gasteiger partial charge in [0.25, 0.3) is 0 Å². The Labute approximate surface area is 141 Å². The summed E-state index contributed by atoms with van der Waals surface area (Å²) in [4.78, 5) is 16.9. The van der Waals surface area contributed by atoms with Gasteiger partial charge in [0.05, 0.1) is 0 Å². The van der Waals surface area contributed by atoms with Gasteiger partial charge in [-0.25, -0.2) is 8.78 Å². The number of halogens is 2. The molecule has 2 saturated heterocycles. The van der Waals surface area contributed by atoms with Crippen molar-refractivity contribution in [2.24, 2.45) is 0 Å². The van der Waals surface area contributed by atoms with Crippen molar-refractivity contribution < 1.29 is 13.6 Å². The molecule has 2 fully saturated rings. The molecule has 0 bridgehead atoms. The van der Waals surface area contributed by atoms with Gasteiger partial charge in [-0.3, -0.25) is 9.69 Å². The molecule has 2 aliphatic rings. The molecule has 3 rings (SSSR count). The Morgan fingerprint density at radius 1 is 1.08 bits per heavy atom. The normalized spacial score (nSPS) is 22.2. The number of likely N-dealkylation sites (tertiary alicyclic amines) is 2. The van der Waals surface area contributed by atoms with Crippen molar-refractivity contribution in [3.63, 3.8) is 0 Å². The van der Waals surface area contributed by atoms with Gasteiger partial charge in [-0.15, -0.1) is 0 Å². The molecule has 1 amide bonds. The zero-order chi connectivity index (χ0) is 16.9. The fraction of sp³-hybridized carbons (Fsp3) is 0.611. The first-order valence-electron chi connectivity index (χ1n) is 8.82. The summed E-state index contributed by atoms with van der Waals surface area (Å²) >= 11 is 0. The first-order valence-corrected chi connectivity index (χ1v) is 8.82. The summed E-state index contributed by atoms with van der Waals surface area (Å²) in [7, 11) is 0. The van der Waals surface area contributed by atoms with Crippen LogP contribution in [0.15, 0.2) is 18.2 Å². The lowest BCUT2D eigenvalue weighted by Gasteiger charge is -2.28. The van der Waals surface area contributed by atoms with Crippen LogP contribution in [-0.2, 0) is 4.79 Å². The van der Waals surface area contributed by atoms with Crippen molar-refractivity contribution in [1.29, 1.82) is 0 Å². The first-order chi connectivity index (χ1) is 11.6. The summed E-state index contributed by atoms with van der Waals surface area (Å²) in [5.41, 5.74) is 0.174. The Bertz CT molecular complexity index is 555. The highest BCUT2D eigenvalue weighted by Gasteiger charge is 2.27. The number of rotatable bonds is 6. The average molecular weight is 337 g/mol. The fourth-order valence-electron chi connectivity index (χ4n) is 3.75. The van der Waals surface area contributed by atoms with Crippen molar-refractivity contribution in [2.45, 2.75) is 38.1 Å². The number of nitrogens with one attached hydrogen (secondary N) is 1. The van der Waals surface area contributed by atoms with E-state index in [0.29, 0.717) is 19.0 Å². The van der Waals surface area contributed by atoms with Crippen LogP contribution >= 0.6 is 0 Å². The lowest BCUT2D eigenvalue weighted by Crippen LogP contribution is -2.40. The predicted molar refractivity (Wildman–Crippen MR) is 89.9 cm³/mol. The van der Waals surface area contributed by atoms with Crippen LogP contribution < -0.4 is 5.32 Å². The summed E-state index contributed by atoms with van der Waals surface area (Å²) in [5, 5.41) is 2.58. The SMILES string of the molecule is O=C(CCN1CCC[C@H]1CN1CCCC1)Nc1cc(F)cc(F)c1. The van der Waals surface area contributed by atoms with E-state index in [0.717, 1.165) is 31.3 Å². The highest BCUT2D eigenvalue weighted by atomic mass is 19.1. The minimum Gasteiger partial charge on any atom is -0.326 e. The standard InChI is InChI=1S/C18H25F2N3O/c19-14-10-15(20)12-16(11-14)21-18(24)5-9-23-8-3-4-17(23)13-22-6-1-2-7-22/h10-12,17H,1-9,13H2,(H,21,24)/t17-/m0/s1. The molecule has 0 unspecified atom stereocenters. The lowest BCUT2D eigenvalue weighted by molar-refractivity contribution is -0.116. The summed E-state index contributed by atoms with van der Waals surface area (Å²) < 4.78 is 26.3. The van der Waals surface area contributed by atoms with Gasteiger partial charge in [-0.2, -0.15) is 0 Å². The molecule has 24 heavy (non-hydrogen) atoms. The Morgan fingerprint density at radius 3 is 2.50 bits per heavy atom. The molecule has 0 radical (unpaired) electrons. The molecule has 1 N–H and O–H groups in total. The Kier molecular flexibility index (Phi) is 5.79. The third kappa shape index (κ3) is 4.74. The molecule has 0 spiro atoms. The van der Waals surface area contributed by atoms with Gasteiger partial charge in [0, 0.05) is 37.3 Å². The molecule has 132 valence electrons. The van der Waals surface area contributed by atoms with E-state index in [1.54, 1.807) is 0 Å². The quantitative estimate of drug-likeness (QED) is 0.867. The van der Waals surface area contributed by atoms with Crippen molar-refractivity contribution in [1.82, 2.24) is 9.80 Å². The summed E-state index contributed by atoms with van der Waals surface area (Å²) in [6, 6.07) is 3.59. The Balaban J connectivity index is 1.46. The number of nitrogens with zero attached hydrogens (tertiary/aromatic N) is 2. The van der Waals surface area contributed by atoms with Crippen molar-refractivity contribution in [3.05, 3.63) is 29.8 Å². The van der Waals surface area contributed by atoms with E-state index in [1.165, 1.54) is 38.8 Å². The summed E-state index contributed by atoms with van der Waals surface area (Å²) in [5.74, 6) is -1.57. The van der Waals surface area contributed by atoms with Gasteiger partial charge >= 0.3 is 0 Å². The van der Waals surface area contributed by atoms with E-state index in [-0.39, 0.29) is 11.6 Å². The van der Waals surface area contributed by atoms with Gasteiger partial charge in [-0.1, -0.05) is 0 Å². The second-order valence-electron chi connectivity index (χ2n) is 6.80. The molecule has 2 aliphatic heterocycles. The smallest absolute Gasteiger partial charge is 0.225 e. The maximum atomic E-state index is 13.2. The van der Waals surface area contributed by atoms with Gasteiger partial charge in [-0.05, 0) is 57.5 Å². The molecule has 1 aromatic carbocycles. The van der Waals surface area contributed by atoms with Crippen LogP contribution in [0.4, 0.5) is 14.5 Å². The predicted octanol–water partition coefficient (Wildman–Crippen LogP) is 2.85. The fourth-order valence-corrected chi connectivity index (χ4v) is 3.75. The number of amides is 1. The van der Waals surface area contributed by atoms with Crippen molar-refractivity contribution in [3.8, 4) is 0 Å². The minimum absolute atomic E-state index is 0.174. The molecule has 0 saturated carbocycles. The largest absolute Gasteiger partial charge is 0.326 e. The monoisotopic (exact) mass is 337 g/mol. The van der Waals surface area contributed by atoms with Crippen LogP contribution in [0.5, 0.6) is 0 Å². The second-order valence-corrected chi connectivity index (χ2v) is 6.80. The molecule has 6 heteroatoms. The van der Waals surface area contributed by atoms with Gasteiger partial charge in [0.15, 0.2) is 0 Å². The van der Waals surface area contributed by atoms with Crippen molar-refractivity contribution in [2.75, 3.05) is 38.0 Å². The highest BCUT2D eigenvalue weighted by molar-refractivity contribution is 5.90. The van der Waals surface area contributed by atoms with Crippen LogP contribution in [0.25, 0.3) is 0 Å². The second kappa shape index (κ2) is 8.03. The first kappa shape index (κ1) is 17.3. The van der Waals surface area contributed by atoms with Crippen molar-refractivity contribution >= 4 is 11.6 Å². The van der Waals surface area contributed by atoms with E-state index in [9.17, 15) is 13.6 Å². The number of carbonyl (C=O) groups is 1. The number of hydrogen-bond donors (Lipinski definition) is 1. The molecule has 1 aromatic rings. The summed E-state index contributed by atoms with van der Waals surface area (Å²) in [6.45, 7) is 5.20. The van der Waals surface area contributed by atoms with Crippen LogP contribution in [0, 0.1) is 11.6 Å². The number of carbonyl (C=O) groups excluding carboxylic acids is 1. The average Bonchev–Trinajstić information content (AvgIpc) is 3.16. The zero-order valence-electron chi connectivity index (χ0n) is 13.9. The van der Waals surface area contributed by atoms with E-state index in [1.807, 2.05) is 0 Å². The number of benzene rings is 1. The van der Waals surface area contributed by atoms with Gasteiger partial charge in [0.2, 0.25) is 5.91 Å². The maximum Gasteiger partial charge on any atom is 0.225 e. The van der Waals surface area contributed by atoms with Crippen LogP contribution in [0.2, 0.25) is 0 Å². The third-order valence-electron chi connectivity index (χ3n) is 4.94. The molecule has 0 aliphatic carbocycles. The Morgan fingerprint density at radius 2 is 1.79 bits per heavy atom. The molecule has 4 nitrogen and oxygen atoms in total. The van der Waals surface area contributed by atoms with E-state index < -0.39 is 11.6 Å². The van der Waals surface area contributed by atoms with E-state index >= 15 is 0 Å². The summed E-state index contributed by atoms with van der Waals surface area (Å²) in [6.07, 6.45) is 5.29. The topological polar surface area (TPSA) is 35.6 Å². The van der Waals surface area contributed by atoms with Gasteiger partial charge in [0.1, 0.15) is 11.6 Å². The lowest BCUT2D eigenvalue weighted by atomic mass is 10.2. The molecule has 2 heterocycles. The molecule has 0 aromatic heterocycles. The molecule has 1 atom stereocenters. The van der Waals surface area contributed by atoms with Crippen LogP contribution in [0.3, 0.4) is 0 Å². The van der Waals surface area contributed by atoms with E-state index in [4.69, 9.17) is 0 Å². The number of anilines is 1. The highest BCUT2D eigenvalue weighted by Crippen LogP contribution is 2.21. The van der Waals surface area contributed by atoms with Gasteiger partial charge < -0.3 is 10.2 Å². The number of hydrogen-bond acceptors (Lipinski definition) is 3. The maximum absolute atomic E-state index is 13.2. The molecular formula is C18H25F2N3O. The third-order valence-corrected chi connectivity index (χ3v) is 4.94. The van der Waals surface area contributed by atoms with E-state index in [2.05, 4.69) is 15.1 Å². The van der Waals surface area contributed by atoms with Crippen LogP contribution in [0.1, 0.15) is 32.1 Å². The minimum atomic E-state index is -0.685. The Hall–Kier alpha value is -1.53. The molecular weight excluding hydrogens is 312 g/mol. The van der Waals surface area contributed by atoms with Crippen LogP contribution in [-0.4, -0.2) is 54.5 Å².